The summed E-state index contributed by atoms with van der Waals surface area (Å²) in [5.74, 6) is -0.150. The molecule has 1 aliphatic rings. The van der Waals surface area contributed by atoms with Crippen molar-refractivity contribution in [3.8, 4) is 0 Å². The number of likely N-dealkylation sites (tertiary alicyclic amines) is 1. The standard InChI is InChI=1S/C14H26N2O4S/c1-5-10(15)7-21-14(6-11(17)18)8-16(9-14)12(19)20-13(2,3)4/h10H,5-9,15H2,1-4H3,(H,17,18). The van der Waals surface area contributed by atoms with Crippen LogP contribution in [0.15, 0.2) is 0 Å². The lowest BCUT2D eigenvalue weighted by atomic mass is 9.95. The summed E-state index contributed by atoms with van der Waals surface area (Å²) < 4.78 is 4.86. The Morgan fingerprint density at radius 2 is 2.00 bits per heavy atom. The first kappa shape index (κ1) is 18.1. The predicted molar refractivity (Wildman–Crippen MR) is 83.5 cm³/mol. The minimum absolute atomic E-state index is 0.0351. The van der Waals surface area contributed by atoms with Gasteiger partial charge in [-0.2, -0.15) is 0 Å². The number of carbonyl (C=O) groups excluding carboxylic acids is 1. The molecule has 3 N–H and O–H groups in total. The normalized spacial score (nSPS) is 18.8. The molecular formula is C14H26N2O4S. The van der Waals surface area contributed by atoms with Gasteiger partial charge >= 0.3 is 12.1 Å². The number of rotatable bonds is 6. The molecule has 0 aromatic carbocycles. The molecule has 0 bridgehead atoms. The zero-order valence-corrected chi connectivity index (χ0v) is 14.0. The summed E-state index contributed by atoms with van der Waals surface area (Å²) in [6, 6.07) is 0.0521. The van der Waals surface area contributed by atoms with Gasteiger partial charge in [0.2, 0.25) is 0 Å². The third kappa shape index (κ3) is 5.74. The Kier molecular flexibility index (Phi) is 5.92. The van der Waals surface area contributed by atoms with Gasteiger partial charge in [-0.3, -0.25) is 4.79 Å². The molecule has 0 aliphatic carbocycles. The van der Waals surface area contributed by atoms with Crippen LogP contribution < -0.4 is 5.73 Å². The van der Waals surface area contributed by atoms with E-state index < -0.39 is 16.3 Å². The summed E-state index contributed by atoms with van der Waals surface area (Å²) in [5.41, 5.74) is 5.35. The van der Waals surface area contributed by atoms with Crippen molar-refractivity contribution in [2.75, 3.05) is 18.8 Å². The van der Waals surface area contributed by atoms with Crippen molar-refractivity contribution < 1.29 is 19.4 Å². The Balaban J connectivity index is 2.57. The molecule has 1 atom stereocenters. The molecule has 0 spiro atoms. The van der Waals surface area contributed by atoms with Gasteiger partial charge in [0.15, 0.2) is 0 Å². The van der Waals surface area contributed by atoms with E-state index in [9.17, 15) is 9.59 Å². The van der Waals surface area contributed by atoms with E-state index in [1.807, 2.05) is 27.7 Å². The van der Waals surface area contributed by atoms with Crippen LogP contribution in [0.25, 0.3) is 0 Å². The van der Waals surface area contributed by atoms with Gasteiger partial charge in [-0.15, -0.1) is 11.8 Å². The molecule has 1 unspecified atom stereocenters. The van der Waals surface area contributed by atoms with E-state index in [4.69, 9.17) is 15.6 Å². The molecule has 0 saturated carbocycles. The van der Waals surface area contributed by atoms with Crippen molar-refractivity contribution in [1.82, 2.24) is 4.90 Å². The van der Waals surface area contributed by atoms with Gasteiger partial charge in [0, 0.05) is 24.9 Å². The molecule has 1 fully saturated rings. The number of thioether (sulfide) groups is 1. The highest BCUT2D eigenvalue weighted by Crippen LogP contribution is 2.39. The third-order valence-corrected chi connectivity index (χ3v) is 4.82. The number of carbonyl (C=O) groups is 2. The molecule has 7 heteroatoms. The fourth-order valence-electron chi connectivity index (χ4n) is 2.04. The Morgan fingerprint density at radius 1 is 1.43 bits per heavy atom. The molecule has 6 nitrogen and oxygen atoms in total. The molecule has 21 heavy (non-hydrogen) atoms. The smallest absolute Gasteiger partial charge is 0.410 e. The number of ether oxygens (including phenoxy) is 1. The number of nitrogens with zero attached hydrogens (tertiary/aromatic N) is 1. The van der Waals surface area contributed by atoms with Gasteiger partial charge in [0.1, 0.15) is 5.60 Å². The van der Waals surface area contributed by atoms with E-state index in [0.29, 0.717) is 18.8 Å². The van der Waals surface area contributed by atoms with Crippen LogP contribution in [0.2, 0.25) is 0 Å². The quantitative estimate of drug-likeness (QED) is 0.777. The van der Waals surface area contributed by atoms with Crippen molar-refractivity contribution >= 4 is 23.8 Å². The van der Waals surface area contributed by atoms with Crippen LogP contribution in [0.4, 0.5) is 4.79 Å². The summed E-state index contributed by atoms with van der Waals surface area (Å²) in [6.07, 6.45) is 0.503. The van der Waals surface area contributed by atoms with Gasteiger partial charge in [0.25, 0.3) is 0 Å². The van der Waals surface area contributed by atoms with Crippen LogP contribution in [0.1, 0.15) is 40.5 Å². The Hall–Kier alpha value is -0.950. The van der Waals surface area contributed by atoms with Crippen molar-refractivity contribution in [2.24, 2.45) is 5.73 Å². The van der Waals surface area contributed by atoms with E-state index in [2.05, 4.69) is 0 Å². The predicted octanol–water partition coefficient (Wildman–Crippen LogP) is 1.92. The number of amides is 1. The van der Waals surface area contributed by atoms with Crippen LogP contribution in [-0.2, 0) is 9.53 Å². The summed E-state index contributed by atoms with van der Waals surface area (Å²) >= 11 is 1.56. The van der Waals surface area contributed by atoms with Crippen molar-refractivity contribution in [1.29, 1.82) is 0 Å². The minimum atomic E-state index is -0.851. The van der Waals surface area contributed by atoms with E-state index in [0.717, 1.165) is 6.42 Å². The highest BCUT2D eigenvalue weighted by atomic mass is 32.2. The molecule has 122 valence electrons. The fourth-order valence-corrected chi connectivity index (χ4v) is 3.56. The number of nitrogens with two attached hydrogens (primary N) is 1. The Morgan fingerprint density at radius 3 is 2.43 bits per heavy atom. The number of carboxylic acids is 1. The number of carboxylic acid groups (broad SMARTS) is 1. The summed E-state index contributed by atoms with van der Waals surface area (Å²) in [6.45, 7) is 8.23. The maximum Gasteiger partial charge on any atom is 0.410 e. The highest BCUT2D eigenvalue weighted by molar-refractivity contribution is 8.00. The van der Waals surface area contributed by atoms with Crippen LogP contribution in [0.5, 0.6) is 0 Å². The van der Waals surface area contributed by atoms with Crippen molar-refractivity contribution in [2.45, 2.75) is 56.9 Å². The lowest BCUT2D eigenvalue weighted by molar-refractivity contribution is -0.138. The van der Waals surface area contributed by atoms with Crippen molar-refractivity contribution in [3.05, 3.63) is 0 Å². The first-order valence-corrected chi connectivity index (χ1v) is 8.15. The Bertz CT molecular complexity index is 389. The molecule has 1 heterocycles. The van der Waals surface area contributed by atoms with Gasteiger partial charge in [0.05, 0.1) is 11.2 Å². The topological polar surface area (TPSA) is 92.9 Å². The van der Waals surface area contributed by atoms with E-state index in [1.165, 1.54) is 0 Å². The molecule has 0 aromatic heterocycles. The summed E-state index contributed by atoms with van der Waals surface area (Å²) in [7, 11) is 0. The van der Waals surface area contributed by atoms with Gasteiger partial charge < -0.3 is 20.5 Å². The molecule has 1 aliphatic heterocycles. The lowest BCUT2D eigenvalue weighted by Crippen LogP contribution is -2.63. The number of hydrogen-bond acceptors (Lipinski definition) is 5. The first-order chi connectivity index (χ1) is 9.57. The highest BCUT2D eigenvalue weighted by Gasteiger charge is 2.48. The van der Waals surface area contributed by atoms with E-state index in [1.54, 1.807) is 16.7 Å². The van der Waals surface area contributed by atoms with Crippen LogP contribution in [-0.4, -0.2) is 57.3 Å². The fraction of sp³-hybridized carbons (Fsp3) is 0.857. The van der Waals surface area contributed by atoms with Gasteiger partial charge in [-0.05, 0) is 27.2 Å². The average Bonchev–Trinajstić information content (AvgIpc) is 2.28. The van der Waals surface area contributed by atoms with E-state index in [-0.39, 0.29) is 18.6 Å². The molecule has 0 radical (unpaired) electrons. The van der Waals surface area contributed by atoms with Crippen molar-refractivity contribution in [3.63, 3.8) is 0 Å². The maximum absolute atomic E-state index is 11.9. The molecule has 1 saturated heterocycles. The molecule has 1 rings (SSSR count). The maximum atomic E-state index is 11.9. The monoisotopic (exact) mass is 318 g/mol. The lowest BCUT2D eigenvalue weighted by Gasteiger charge is -2.49. The molecular weight excluding hydrogens is 292 g/mol. The second-order valence-corrected chi connectivity index (χ2v) is 8.06. The van der Waals surface area contributed by atoms with Crippen LogP contribution in [0, 0.1) is 0 Å². The average molecular weight is 318 g/mol. The second kappa shape index (κ2) is 6.87. The third-order valence-electron chi connectivity index (χ3n) is 3.21. The number of aliphatic carboxylic acids is 1. The minimum Gasteiger partial charge on any atom is -0.481 e. The Labute approximate surface area is 130 Å². The second-order valence-electron chi connectivity index (χ2n) is 6.57. The zero-order valence-electron chi connectivity index (χ0n) is 13.2. The molecule has 0 aromatic rings. The largest absolute Gasteiger partial charge is 0.481 e. The first-order valence-electron chi connectivity index (χ1n) is 7.16. The SMILES string of the molecule is CCC(N)CSC1(CC(=O)O)CN(C(=O)OC(C)(C)C)C1. The van der Waals surface area contributed by atoms with E-state index >= 15 is 0 Å². The van der Waals surface area contributed by atoms with Gasteiger partial charge in [-0.1, -0.05) is 6.92 Å². The zero-order chi connectivity index (χ0) is 16.3. The molecule has 1 amide bonds. The van der Waals surface area contributed by atoms with Crippen LogP contribution in [0.3, 0.4) is 0 Å². The summed E-state index contributed by atoms with van der Waals surface area (Å²) in [4.78, 5) is 24.5. The van der Waals surface area contributed by atoms with Gasteiger partial charge in [-0.25, -0.2) is 4.79 Å². The van der Waals surface area contributed by atoms with Crippen LogP contribution >= 0.6 is 11.8 Å². The number of hydrogen-bond donors (Lipinski definition) is 2. The summed E-state index contributed by atoms with van der Waals surface area (Å²) in [5, 5.41) is 9.07.